The van der Waals surface area contributed by atoms with Gasteiger partial charge in [-0.15, -0.1) is 0 Å². The minimum atomic E-state index is -3.17. The average Bonchev–Trinajstić information content (AvgIpc) is 2.23. The van der Waals surface area contributed by atoms with Crippen LogP contribution in [0, 0.1) is 16.7 Å². The maximum atomic E-state index is 12.5. The van der Waals surface area contributed by atoms with Crippen LogP contribution in [-0.2, 0) is 10.0 Å². The second kappa shape index (κ2) is 6.17. The number of nitrogens with one attached hydrogen (secondary N) is 2. The molecule has 0 spiro atoms. The molecule has 1 aliphatic carbocycles. The summed E-state index contributed by atoms with van der Waals surface area (Å²) in [6.45, 7) is 10.9. The van der Waals surface area contributed by atoms with Gasteiger partial charge in [0, 0.05) is 6.04 Å². The molecule has 21 heavy (non-hydrogen) atoms. The molecule has 1 saturated heterocycles. The quantitative estimate of drug-likeness (QED) is 0.838. The Morgan fingerprint density at radius 1 is 1.14 bits per heavy atom. The Hall–Kier alpha value is -0.130. The van der Waals surface area contributed by atoms with Crippen molar-refractivity contribution >= 4 is 10.0 Å². The molecule has 2 N–H and O–H groups in total. The van der Waals surface area contributed by atoms with E-state index in [9.17, 15) is 8.42 Å². The third-order valence-electron chi connectivity index (χ3n) is 4.76. The van der Waals surface area contributed by atoms with Crippen molar-refractivity contribution in [2.45, 2.75) is 65.8 Å². The molecule has 2 rings (SSSR count). The third-order valence-corrected chi connectivity index (χ3v) is 6.36. The molecule has 2 aliphatic rings. The Balaban J connectivity index is 1.95. The van der Waals surface area contributed by atoms with Crippen molar-refractivity contribution in [3.05, 3.63) is 0 Å². The van der Waals surface area contributed by atoms with Crippen molar-refractivity contribution in [3.8, 4) is 0 Å². The van der Waals surface area contributed by atoms with Crippen LogP contribution in [-0.4, -0.2) is 33.3 Å². The van der Waals surface area contributed by atoms with Crippen molar-refractivity contribution in [2.75, 3.05) is 18.8 Å². The Morgan fingerprint density at radius 3 is 2.29 bits per heavy atom. The van der Waals surface area contributed by atoms with Crippen molar-refractivity contribution in [2.24, 2.45) is 16.7 Å². The van der Waals surface area contributed by atoms with Gasteiger partial charge in [-0.05, 0) is 61.9 Å². The lowest BCUT2D eigenvalue weighted by atomic mass is 9.64. The first-order valence-electron chi connectivity index (χ1n) is 8.28. The van der Waals surface area contributed by atoms with Gasteiger partial charge in [0.25, 0.3) is 0 Å². The Morgan fingerprint density at radius 2 is 1.76 bits per heavy atom. The third kappa shape index (κ3) is 5.53. The van der Waals surface area contributed by atoms with Crippen LogP contribution in [0.4, 0.5) is 0 Å². The maximum Gasteiger partial charge on any atom is 0.212 e. The summed E-state index contributed by atoms with van der Waals surface area (Å²) in [5.41, 5.74) is 0.419. The minimum absolute atomic E-state index is 0.0882. The summed E-state index contributed by atoms with van der Waals surface area (Å²) in [4.78, 5) is 0. The molecule has 1 unspecified atom stereocenters. The van der Waals surface area contributed by atoms with Crippen LogP contribution in [0.5, 0.6) is 0 Å². The van der Waals surface area contributed by atoms with E-state index in [4.69, 9.17) is 0 Å². The zero-order valence-corrected chi connectivity index (χ0v) is 14.9. The van der Waals surface area contributed by atoms with E-state index < -0.39 is 10.0 Å². The van der Waals surface area contributed by atoms with Crippen molar-refractivity contribution in [1.82, 2.24) is 10.0 Å². The minimum Gasteiger partial charge on any atom is -0.316 e. The highest BCUT2D eigenvalue weighted by Gasteiger charge is 2.39. The number of hydrogen-bond donors (Lipinski definition) is 2. The molecular formula is C16H32N2O2S. The van der Waals surface area contributed by atoms with Crippen LogP contribution < -0.4 is 10.0 Å². The van der Waals surface area contributed by atoms with Gasteiger partial charge in [0.2, 0.25) is 10.0 Å². The van der Waals surface area contributed by atoms with Gasteiger partial charge in [0.05, 0.1) is 5.75 Å². The first kappa shape index (κ1) is 17.2. The van der Waals surface area contributed by atoms with E-state index in [0.717, 1.165) is 45.2 Å². The molecule has 5 heteroatoms. The van der Waals surface area contributed by atoms with Crippen LogP contribution in [0.3, 0.4) is 0 Å². The molecule has 1 heterocycles. The van der Waals surface area contributed by atoms with Gasteiger partial charge in [-0.25, -0.2) is 13.1 Å². The molecule has 1 atom stereocenters. The standard InChI is InChI=1S/C16H32N2O2S/c1-15(2)8-14(9-16(3,4)12-15)18-21(19,20)11-13-6-5-7-17-10-13/h13-14,17-18H,5-12H2,1-4H3. The number of rotatable bonds is 4. The summed E-state index contributed by atoms with van der Waals surface area (Å²) in [6.07, 6.45) is 5.15. The lowest BCUT2D eigenvalue weighted by Crippen LogP contribution is -2.47. The van der Waals surface area contributed by atoms with Crippen LogP contribution >= 0.6 is 0 Å². The molecule has 0 amide bonds. The van der Waals surface area contributed by atoms with E-state index in [1.54, 1.807) is 0 Å². The van der Waals surface area contributed by atoms with E-state index in [1.807, 2.05) is 0 Å². The summed E-state index contributed by atoms with van der Waals surface area (Å²) < 4.78 is 27.9. The fourth-order valence-corrected chi connectivity index (χ4v) is 6.28. The van der Waals surface area contributed by atoms with Gasteiger partial charge >= 0.3 is 0 Å². The Labute approximate surface area is 130 Å². The Kier molecular flexibility index (Phi) is 5.06. The number of sulfonamides is 1. The molecule has 124 valence electrons. The number of hydrogen-bond acceptors (Lipinski definition) is 3. The van der Waals surface area contributed by atoms with Gasteiger partial charge in [-0.1, -0.05) is 27.7 Å². The van der Waals surface area contributed by atoms with Gasteiger partial charge in [0.15, 0.2) is 0 Å². The fourth-order valence-electron chi connectivity index (χ4n) is 4.61. The topological polar surface area (TPSA) is 58.2 Å². The fraction of sp³-hybridized carbons (Fsp3) is 1.00. The van der Waals surface area contributed by atoms with Crippen LogP contribution in [0.1, 0.15) is 59.8 Å². The summed E-state index contributed by atoms with van der Waals surface area (Å²) in [5, 5.41) is 3.29. The largest absolute Gasteiger partial charge is 0.316 e. The highest BCUT2D eigenvalue weighted by Crippen LogP contribution is 2.45. The van der Waals surface area contributed by atoms with Gasteiger partial charge < -0.3 is 5.32 Å². The molecule has 0 aromatic carbocycles. The zero-order chi connectivity index (χ0) is 15.7. The van der Waals surface area contributed by atoms with Crippen LogP contribution in [0.25, 0.3) is 0 Å². The first-order chi connectivity index (χ1) is 9.57. The second-order valence-corrected chi connectivity index (χ2v) is 10.5. The first-order valence-corrected chi connectivity index (χ1v) is 9.93. The van der Waals surface area contributed by atoms with E-state index in [-0.39, 0.29) is 28.5 Å². The summed E-state index contributed by atoms with van der Waals surface area (Å²) >= 11 is 0. The van der Waals surface area contributed by atoms with E-state index in [0.29, 0.717) is 0 Å². The summed E-state index contributed by atoms with van der Waals surface area (Å²) in [5.74, 6) is 0.540. The van der Waals surface area contributed by atoms with Crippen molar-refractivity contribution in [3.63, 3.8) is 0 Å². The van der Waals surface area contributed by atoms with Crippen molar-refractivity contribution < 1.29 is 8.42 Å². The monoisotopic (exact) mass is 316 g/mol. The predicted octanol–water partition coefficient (Wildman–Crippen LogP) is 2.51. The number of piperidine rings is 1. The highest BCUT2D eigenvalue weighted by molar-refractivity contribution is 7.89. The molecule has 0 aromatic heterocycles. The normalized spacial score (nSPS) is 30.2. The Bertz CT molecular complexity index is 435. The molecule has 2 fully saturated rings. The SMILES string of the molecule is CC1(C)CC(NS(=O)(=O)CC2CCCNC2)CC(C)(C)C1. The molecule has 1 saturated carbocycles. The summed E-state index contributed by atoms with van der Waals surface area (Å²) in [6, 6.07) is 0.0882. The molecule has 4 nitrogen and oxygen atoms in total. The second-order valence-electron chi connectivity index (χ2n) is 8.72. The van der Waals surface area contributed by atoms with Crippen molar-refractivity contribution in [1.29, 1.82) is 0 Å². The average molecular weight is 317 g/mol. The van der Waals surface area contributed by atoms with Gasteiger partial charge in [0.1, 0.15) is 0 Å². The lowest BCUT2D eigenvalue weighted by Gasteiger charge is -2.45. The molecule has 0 radical (unpaired) electrons. The molecular weight excluding hydrogens is 284 g/mol. The van der Waals surface area contributed by atoms with E-state index in [2.05, 4.69) is 37.7 Å². The van der Waals surface area contributed by atoms with Gasteiger partial charge in [-0.3, -0.25) is 0 Å². The molecule has 1 aliphatic heterocycles. The van der Waals surface area contributed by atoms with E-state index >= 15 is 0 Å². The smallest absolute Gasteiger partial charge is 0.212 e. The van der Waals surface area contributed by atoms with E-state index in [1.165, 1.54) is 0 Å². The maximum absolute atomic E-state index is 12.5. The van der Waals surface area contributed by atoms with Gasteiger partial charge in [-0.2, -0.15) is 0 Å². The van der Waals surface area contributed by atoms with Crippen LogP contribution in [0.15, 0.2) is 0 Å². The predicted molar refractivity (Wildman–Crippen MR) is 87.7 cm³/mol. The molecule has 0 aromatic rings. The van der Waals surface area contributed by atoms with Crippen LogP contribution in [0.2, 0.25) is 0 Å². The highest BCUT2D eigenvalue weighted by atomic mass is 32.2. The lowest BCUT2D eigenvalue weighted by molar-refractivity contribution is 0.0933. The molecule has 0 bridgehead atoms. The summed E-state index contributed by atoms with van der Waals surface area (Å²) in [7, 11) is -3.17. The zero-order valence-electron chi connectivity index (χ0n) is 14.0.